The Morgan fingerprint density at radius 2 is 2.50 bits per heavy atom. The fourth-order valence-corrected chi connectivity index (χ4v) is 2.08. The van der Waals surface area contributed by atoms with Crippen LogP contribution in [0.4, 0.5) is 5.69 Å². The summed E-state index contributed by atoms with van der Waals surface area (Å²) in [5.74, 6) is -0.251. The molecule has 0 spiro atoms. The van der Waals surface area contributed by atoms with Crippen LogP contribution in [0, 0.1) is 10.1 Å². The van der Waals surface area contributed by atoms with Gasteiger partial charge in [0.1, 0.15) is 5.69 Å². The lowest BCUT2D eigenvalue weighted by Gasteiger charge is -2.12. The maximum Gasteiger partial charge on any atom is 0.287 e. The Morgan fingerprint density at radius 3 is 3.06 bits per heavy atom. The summed E-state index contributed by atoms with van der Waals surface area (Å²) in [7, 11) is 0. The molecule has 1 unspecified atom stereocenters. The number of aryl methyl sites for hydroxylation is 1. The molecule has 7 nitrogen and oxygen atoms in total. The van der Waals surface area contributed by atoms with Gasteiger partial charge in [0, 0.05) is 25.2 Å². The topological polar surface area (TPSA) is 89.2 Å². The van der Waals surface area contributed by atoms with Crippen LogP contribution in [-0.2, 0) is 6.54 Å². The van der Waals surface area contributed by atoms with E-state index in [1.54, 1.807) is 4.57 Å². The number of hydrogen-bond acceptors (Lipinski definition) is 4. The maximum absolute atomic E-state index is 12.0. The Morgan fingerprint density at radius 1 is 1.72 bits per heavy atom. The van der Waals surface area contributed by atoms with Crippen LogP contribution in [0.3, 0.4) is 0 Å². The SMILES string of the molecule is CCn1cc([N+](=O)[O-])cc1C(=O)NC1CCNC1. The highest BCUT2D eigenvalue weighted by Crippen LogP contribution is 2.16. The van der Waals surface area contributed by atoms with Crippen molar-refractivity contribution in [2.75, 3.05) is 13.1 Å². The van der Waals surface area contributed by atoms with Crippen molar-refractivity contribution in [3.05, 3.63) is 28.1 Å². The maximum atomic E-state index is 12.0. The van der Waals surface area contributed by atoms with E-state index in [1.807, 2.05) is 6.92 Å². The molecule has 1 atom stereocenters. The normalized spacial score (nSPS) is 18.8. The summed E-state index contributed by atoms with van der Waals surface area (Å²) < 4.78 is 1.59. The van der Waals surface area contributed by atoms with Gasteiger partial charge in [0.25, 0.3) is 11.6 Å². The van der Waals surface area contributed by atoms with Gasteiger partial charge in [-0.1, -0.05) is 0 Å². The van der Waals surface area contributed by atoms with Gasteiger partial charge < -0.3 is 15.2 Å². The number of nitro groups is 1. The van der Waals surface area contributed by atoms with Crippen molar-refractivity contribution in [1.29, 1.82) is 0 Å². The third-order valence-electron chi connectivity index (χ3n) is 3.06. The molecule has 1 aliphatic heterocycles. The Hall–Kier alpha value is -1.89. The van der Waals surface area contributed by atoms with E-state index in [0.29, 0.717) is 12.2 Å². The Balaban J connectivity index is 2.15. The summed E-state index contributed by atoms with van der Waals surface area (Å²) in [4.78, 5) is 22.2. The second-order valence-corrected chi connectivity index (χ2v) is 4.29. The van der Waals surface area contributed by atoms with Crippen molar-refractivity contribution in [2.24, 2.45) is 0 Å². The van der Waals surface area contributed by atoms with E-state index >= 15 is 0 Å². The lowest BCUT2D eigenvalue weighted by atomic mass is 10.2. The predicted molar refractivity (Wildman–Crippen MR) is 65.5 cm³/mol. The molecule has 98 valence electrons. The van der Waals surface area contributed by atoms with E-state index < -0.39 is 4.92 Å². The molecule has 7 heteroatoms. The van der Waals surface area contributed by atoms with Gasteiger partial charge in [-0.2, -0.15) is 0 Å². The largest absolute Gasteiger partial charge is 0.347 e. The zero-order valence-corrected chi connectivity index (χ0v) is 10.2. The first-order valence-corrected chi connectivity index (χ1v) is 5.98. The molecule has 1 aliphatic rings. The third-order valence-corrected chi connectivity index (χ3v) is 3.06. The first-order chi connectivity index (χ1) is 8.61. The number of aromatic nitrogens is 1. The molecule has 1 amide bonds. The third kappa shape index (κ3) is 2.51. The minimum atomic E-state index is -0.486. The molecule has 18 heavy (non-hydrogen) atoms. The van der Waals surface area contributed by atoms with Crippen molar-refractivity contribution in [3.63, 3.8) is 0 Å². The predicted octanol–water partition coefficient (Wildman–Crippen LogP) is 0.508. The second kappa shape index (κ2) is 5.18. The summed E-state index contributed by atoms with van der Waals surface area (Å²) in [5, 5.41) is 16.7. The number of nitrogens with one attached hydrogen (secondary N) is 2. The zero-order valence-electron chi connectivity index (χ0n) is 10.2. The number of nitrogens with zero attached hydrogens (tertiary/aromatic N) is 2. The number of amides is 1. The van der Waals surface area contributed by atoms with E-state index in [9.17, 15) is 14.9 Å². The van der Waals surface area contributed by atoms with Gasteiger partial charge in [-0.3, -0.25) is 14.9 Å². The molecule has 1 aromatic heterocycles. The van der Waals surface area contributed by atoms with Gasteiger partial charge in [0.05, 0.1) is 11.1 Å². The van der Waals surface area contributed by atoms with Crippen LogP contribution in [0.1, 0.15) is 23.8 Å². The van der Waals surface area contributed by atoms with Crippen molar-refractivity contribution in [1.82, 2.24) is 15.2 Å². The fraction of sp³-hybridized carbons (Fsp3) is 0.545. The average Bonchev–Trinajstić information content (AvgIpc) is 2.96. The van der Waals surface area contributed by atoms with E-state index in [2.05, 4.69) is 10.6 Å². The van der Waals surface area contributed by atoms with Crippen LogP contribution < -0.4 is 10.6 Å². The van der Waals surface area contributed by atoms with Gasteiger partial charge in [0.2, 0.25) is 0 Å². The molecule has 2 heterocycles. The van der Waals surface area contributed by atoms with E-state index in [0.717, 1.165) is 19.5 Å². The lowest BCUT2D eigenvalue weighted by molar-refractivity contribution is -0.384. The molecule has 2 rings (SSSR count). The highest BCUT2D eigenvalue weighted by atomic mass is 16.6. The van der Waals surface area contributed by atoms with Gasteiger partial charge in [-0.05, 0) is 19.9 Å². The number of carbonyl (C=O) groups is 1. The smallest absolute Gasteiger partial charge is 0.287 e. The number of rotatable bonds is 4. The molecular weight excluding hydrogens is 236 g/mol. The van der Waals surface area contributed by atoms with Gasteiger partial charge in [-0.25, -0.2) is 0 Å². The number of carbonyl (C=O) groups excluding carboxylic acids is 1. The summed E-state index contributed by atoms with van der Waals surface area (Å²) in [6.45, 7) is 4.01. The molecule has 1 fully saturated rings. The molecule has 2 N–H and O–H groups in total. The minimum Gasteiger partial charge on any atom is -0.347 e. The summed E-state index contributed by atoms with van der Waals surface area (Å²) >= 11 is 0. The summed E-state index contributed by atoms with van der Waals surface area (Å²) in [5.41, 5.74) is 0.294. The highest BCUT2D eigenvalue weighted by Gasteiger charge is 2.22. The molecule has 0 saturated carbocycles. The van der Waals surface area contributed by atoms with Crippen molar-refractivity contribution < 1.29 is 9.72 Å². The van der Waals surface area contributed by atoms with E-state index in [4.69, 9.17) is 0 Å². The first kappa shape index (κ1) is 12.6. The Kier molecular flexibility index (Phi) is 3.61. The molecule has 1 aromatic rings. The van der Waals surface area contributed by atoms with Crippen LogP contribution in [0.15, 0.2) is 12.3 Å². The van der Waals surface area contributed by atoms with Gasteiger partial charge in [0.15, 0.2) is 0 Å². The molecule has 0 radical (unpaired) electrons. The van der Waals surface area contributed by atoms with Crippen molar-refractivity contribution >= 4 is 11.6 Å². The van der Waals surface area contributed by atoms with Gasteiger partial charge >= 0.3 is 0 Å². The van der Waals surface area contributed by atoms with Crippen molar-refractivity contribution in [2.45, 2.75) is 25.9 Å². The first-order valence-electron chi connectivity index (χ1n) is 5.98. The van der Waals surface area contributed by atoms with Crippen LogP contribution >= 0.6 is 0 Å². The summed E-state index contributed by atoms with van der Waals surface area (Å²) in [6, 6.07) is 1.43. The van der Waals surface area contributed by atoms with E-state index in [1.165, 1.54) is 12.3 Å². The van der Waals surface area contributed by atoms with Crippen LogP contribution in [0.2, 0.25) is 0 Å². The monoisotopic (exact) mass is 252 g/mol. The van der Waals surface area contributed by atoms with Crippen LogP contribution in [0.25, 0.3) is 0 Å². The highest BCUT2D eigenvalue weighted by molar-refractivity contribution is 5.93. The Labute approximate surface area is 104 Å². The molecular formula is C11H16N4O3. The lowest BCUT2D eigenvalue weighted by Crippen LogP contribution is -2.37. The standard InChI is InChI=1S/C11H16N4O3/c1-2-14-7-9(15(17)18)5-10(14)11(16)13-8-3-4-12-6-8/h5,7-8,12H,2-4,6H2,1H3,(H,13,16). The fourth-order valence-electron chi connectivity index (χ4n) is 2.08. The van der Waals surface area contributed by atoms with Crippen LogP contribution in [-0.4, -0.2) is 34.5 Å². The van der Waals surface area contributed by atoms with Crippen LogP contribution in [0.5, 0.6) is 0 Å². The van der Waals surface area contributed by atoms with Crippen molar-refractivity contribution in [3.8, 4) is 0 Å². The summed E-state index contributed by atoms with van der Waals surface area (Å²) in [6.07, 6.45) is 2.28. The molecule has 0 bridgehead atoms. The molecule has 0 aromatic carbocycles. The average molecular weight is 252 g/mol. The minimum absolute atomic E-state index is 0.0495. The molecule has 1 saturated heterocycles. The van der Waals surface area contributed by atoms with E-state index in [-0.39, 0.29) is 17.6 Å². The van der Waals surface area contributed by atoms with Gasteiger partial charge in [-0.15, -0.1) is 0 Å². The molecule has 0 aliphatic carbocycles. The Bertz CT molecular complexity index is 463. The zero-order chi connectivity index (χ0) is 13.1. The quantitative estimate of drug-likeness (QED) is 0.603. The number of hydrogen-bond donors (Lipinski definition) is 2. The second-order valence-electron chi connectivity index (χ2n) is 4.29.